The number of amides is 1. The number of hydrogen-bond acceptors (Lipinski definition) is 12. The molecule has 1 saturated heterocycles. The van der Waals surface area contributed by atoms with E-state index in [-0.39, 0.29) is 35.6 Å². The SMILES string of the molecule is CC(C)(O/N=C(\C(=O)NC1CC12CN(S(=O)(=O)O)[C@]21CC1n1cnc(CN=C(N)N)n1)c1csc(N)n1)C(=O)O. The van der Waals surface area contributed by atoms with Crippen molar-refractivity contribution in [1.29, 1.82) is 0 Å². The monoisotopic (exact) mass is 597 g/mol. The number of anilines is 1. The lowest BCUT2D eigenvalue weighted by molar-refractivity contribution is -0.161. The zero-order valence-corrected chi connectivity index (χ0v) is 22.9. The second-order valence-electron chi connectivity index (χ2n) is 10.3. The molecular formula is C20H27N11O7S2. The van der Waals surface area contributed by atoms with Gasteiger partial charge in [0.1, 0.15) is 18.6 Å². The average molecular weight is 598 g/mol. The molecule has 2 aliphatic carbocycles. The predicted molar refractivity (Wildman–Crippen MR) is 139 cm³/mol. The van der Waals surface area contributed by atoms with E-state index in [0.29, 0.717) is 18.7 Å². The van der Waals surface area contributed by atoms with E-state index in [1.165, 1.54) is 30.2 Å². The number of carbonyl (C=O) groups is 2. The molecule has 5 rings (SSSR count). The highest BCUT2D eigenvalue weighted by atomic mass is 32.2. The maximum atomic E-state index is 13.3. The van der Waals surface area contributed by atoms with Crippen LogP contribution in [0.4, 0.5) is 5.13 Å². The molecular weight excluding hydrogens is 570 g/mol. The highest BCUT2D eigenvalue weighted by molar-refractivity contribution is 7.83. The third-order valence-corrected chi connectivity index (χ3v) is 9.11. The van der Waals surface area contributed by atoms with Gasteiger partial charge in [0, 0.05) is 23.4 Å². The van der Waals surface area contributed by atoms with Gasteiger partial charge in [-0.05, 0) is 26.7 Å². The highest BCUT2D eigenvalue weighted by Gasteiger charge is 2.88. The summed E-state index contributed by atoms with van der Waals surface area (Å²) in [6.07, 6.45) is 2.16. The standard InChI is InChI=1S/C20H27N11O7S2/c1-18(2,15(33)34)38-29-13(9-6-39-17(23)26-9)14(32)27-10-3-19(10)7-31(40(35,36)37)20(19)4-11(20)30-8-25-12(28-30)5-24-16(21)22/h6,8,10-11H,3-5,7H2,1-2H3,(H2,23,26)(H,27,32)(H,33,34)(H4,21,22,24)(H,35,36,37)/b29-13-/t10?,11?,19?,20-/m0/s1. The lowest BCUT2D eigenvalue weighted by Crippen LogP contribution is -2.66. The summed E-state index contributed by atoms with van der Waals surface area (Å²) in [6.45, 7) is 2.54. The number of guanidine groups is 1. The molecule has 1 aliphatic heterocycles. The quantitative estimate of drug-likeness (QED) is 0.0752. The summed E-state index contributed by atoms with van der Waals surface area (Å²) in [5, 5.41) is 21.9. The van der Waals surface area contributed by atoms with Gasteiger partial charge in [-0.1, -0.05) is 5.16 Å². The number of aliphatic carboxylic acids is 1. The Hall–Kier alpha value is -3.88. The molecule has 40 heavy (non-hydrogen) atoms. The maximum Gasteiger partial charge on any atom is 0.350 e. The number of fused-ring (bicyclic) bond motifs is 1. The van der Waals surface area contributed by atoms with Crippen molar-refractivity contribution in [3.05, 3.63) is 23.2 Å². The van der Waals surface area contributed by atoms with E-state index < -0.39 is 50.8 Å². The molecule has 3 fully saturated rings. The van der Waals surface area contributed by atoms with Gasteiger partial charge in [0.15, 0.2) is 22.6 Å². The Morgan fingerprint density at radius 2 is 2.08 bits per heavy atom. The van der Waals surface area contributed by atoms with Crippen LogP contribution in [-0.4, -0.2) is 89.4 Å². The Balaban J connectivity index is 1.37. The van der Waals surface area contributed by atoms with E-state index in [1.807, 2.05) is 0 Å². The minimum Gasteiger partial charge on any atom is -0.478 e. The van der Waals surface area contributed by atoms with Crippen molar-refractivity contribution in [3.8, 4) is 0 Å². The van der Waals surface area contributed by atoms with Crippen LogP contribution in [0.3, 0.4) is 0 Å². The van der Waals surface area contributed by atoms with Crippen LogP contribution in [-0.2, 0) is 31.3 Å². The molecule has 0 bridgehead atoms. The molecule has 2 saturated carbocycles. The van der Waals surface area contributed by atoms with Crippen molar-refractivity contribution < 1.29 is 32.5 Å². The van der Waals surface area contributed by atoms with E-state index in [1.54, 1.807) is 0 Å². The van der Waals surface area contributed by atoms with Gasteiger partial charge in [-0.15, -0.1) is 11.3 Å². The van der Waals surface area contributed by atoms with Crippen molar-refractivity contribution >= 4 is 50.3 Å². The highest BCUT2D eigenvalue weighted by Crippen LogP contribution is 2.78. The van der Waals surface area contributed by atoms with Crippen molar-refractivity contribution in [1.82, 2.24) is 29.4 Å². The molecule has 216 valence electrons. The van der Waals surface area contributed by atoms with Gasteiger partial charge in [-0.25, -0.2) is 24.4 Å². The number of nitrogen functional groups attached to an aromatic ring is 1. The van der Waals surface area contributed by atoms with Crippen LogP contribution < -0.4 is 22.5 Å². The first kappa shape index (κ1) is 27.7. The molecule has 20 heteroatoms. The minimum absolute atomic E-state index is 0.0263. The molecule has 9 N–H and O–H groups in total. The summed E-state index contributed by atoms with van der Waals surface area (Å²) in [5.74, 6) is -1.83. The van der Waals surface area contributed by atoms with Crippen LogP contribution in [0.25, 0.3) is 0 Å². The number of carboxylic acids is 1. The third kappa shape index (κ3) is 4.51. The Labute approximate surface area is 231 Å². The minimum atomic E-state index is -4.56. The van der Waals surface area contributed by atoms with Crippen LogP contribution in [0.5, 0.6) is 0 Å². The molecule has 2 aromatic rings. The van der Waals surface area contributed by atoms with E-state index in [9.17, 15) is 27.7 Å². The lowest BCUT2D eigenvalue weighted by atomic mass is 9.83. The summed E-state index contributed by atoms with van der Waals surface area (Å²) >= 11 is 1.05. The summed E-state index contributed by atoms with van der Waals surface area (Å²) in [6, 6.07) is -0.960. The molecule has 0 aromatic carbocycles. The lowest BCUT2D eigenvalue weighted by Gasteiger charge is -2.48. The van der Waals surface area contributed by atoms with Crippen LogP contribution in [0.1, 0.15) is 44.2 Å². The molecule has 4 atom stereocenters. The zero-order chi connectivity index (χ0) is 29.3. The van der Waals surface area contributed by atoms with Gasteiger partial charge in [-0.2, -0.15) is 17.8 Å². The number of carbonyl (C=O) groups excluding carboxylic acids is 1. The Morgan fingerprint density at radius 1 is 1.35 bits per heavy atom. The van der Waals surface area contributed by atoms with E-state index >= 15 is 0 Å². The molecule has 1 amide bonds. The molecule has 3 aliphatic rings. The fourth-order valence-electron chi connectivity index (χ4n) is 5.20. The average Bonchev–Trinajstić information content (AvgIpc) is 3.67. The number of rotatable bonds is 10. The second kappa shape index (κ2) is 9.08. The number of aliphatic imine (C=N–C) groups is 1. The fraction of sp³-hybridized carbons (Fsp3) is 0.550. The number of aromatic nitrogens is 4. The second-order valence-corrected chi connectivity index (χ2v) is 12.5. The van der Waals surface area contributed by atoms with E-state index in [0.717, 1.165) is 15.6 Å². The van der Waals surface area contributed by atoms with Crippen LogP contribution in [0.2, 0.25) is 0 Å². The van der Waals surface area contributed by atoms with Gasteiger partial charge < -0.3 is 32.5 Å². The van der Waals surface area contributed by atoms with Crippen molar-refractivity contribution in [2.75, 3.05) is 12.3 Å². The Bertz CT molecular complexity index is 1550. The van der Waals surface area contributed by atoms with Crippen LogP contribution in [0, 0.1) is 5.41 Å². The molecule has 0 radical (unpaired) electrons. The van der Waals surface area contributed by atoms with Crippen molar-refractivity contribution in [3.63, 3.8) is 0 Å². The molecule has 3 unspecified atom stereocenters. The molecule has 18 nitrogen and oxygen atoms in total. The topological polar surface area (TPSA) is 280 Å². The summed E-state index contributed by atoms with van der Waals surface area (Å²) in [5.41, 5.74) is 12.7. The number of carboxylic acid groups (broad SMARTS) is 1. The number of nitrogens with two attached hydrogens (primary N) is 3. The van der Waals surface area contributed by atoms with Crippen LogP contribution in [0.15, 0.2) is 21.9 Å². The Morgan fingerprint density at radius 3 is 2.67 bits per heavy atom. The largest absolute Gasteiger partial charge is 0.478 e. The number of nitrogens with zero attached hydrogens (tertiary/aromatic N) is 7. The normalized spacial score (nSPS) is 27.7. The first-order valence-corrected chi connectivity index (χ1v) is 14.1. The van der Waals surface area contributed by atoms with Crippen molar-refractivity contribution in [2.24, 2.45) is 27.0 Å². The van der Waals surface area contributed by atoms with Crippen LogP contribution >= 0.6 is 11.3 Å². The number of thiazole rings is 1. The first-order valence-electron chi connectivity index (χ1n) is 11.8. The van der Waals surface area contributed by atoms with Gasteiger partial charge in [0.05, 0.1) is 11.6 Å². The van der Waals surface area contributed by atoms with Gasteiger partial charge in [0.2, 0.25) is 5.60 Å². The van der Waals surface area contributed by atoms with Gasteiger partial charge >= 0.3 is 16.3 Å². The van der Waals surface area contributed by atoms with Gasteiger partial charge in [-0.3, -0.25) is 9.35 Å². The summed E-state index contributed by atoms with van der Waals surface area (Å²) in [7, 11) is -4.56. The number of hydrogen-bond donors (Lipinski definition) is 6. The van der Waals surface area contributed by atoms with Gasteiger partial charge in [0.25, 0.3) is 5.91 Å². The maximum absolute atomic E-state index is 13.3. The number of nitrogens with one attached hydrogen (secondary N) is 1. The Kier molecular flexibility index (Phi) is 6.28. The van der Waals surface area contributed by atoms with E-state index in [2.05, 4.69) is 30.5 Å². The van der Waals surface area contributed by atoms with E-state index in [4.69, 9.17) is 22.0 Å². The fourth-order valence-corrected chi connectivity index (χ4v) is 6.93. The molecule has 2 aromatic heterocycles. The third-order valence-electron chi connectivity index (χ3n) is 7.43. The smallest absolute Gasteiger partial charge is 0.350 e. The zero-order valence-electron chi connectivity index (χ0n) is 21.3. The summed E-state index contributed by atoms with van der Waals surface area (Å²) < 4.78 is 36.8. The molecule has 2 spiro atoms. The predicted octanol–water partition coefficient (Wildman–Crippen LogP) is -1.95. The van der Waals surface area contributed by atoms with Crippen molar-refractivity contribution in [2.45, 2.75) is 56.5 Å². The number of oxime groups is 1. The summed E-state index contributed by atoms with van der Waals surface area (Å²) in [4.78, 5) is 42.0. The molecule has 3 heterocycles. The first-order chi connectivity index (χ1) is 18.6.